The fourth-order valence-corrected chi connectivity index (χ4v) is 1.53. The van der Waals surface area contributed by atoms with Gasteiger partial charge in [0.25, 0.3) is 0 Å². The molecule has 1 aromatic carbocycles. The number of nitriles is 2. The molecule has 0 unspecified atom stereocenters. The number of halogens is 1. The number of hydrogen-bond donors (Lipinski definition) is 0. The summed E-state index contributed by atoms with van der Waals surface area (Å²) in [5, 5.41) is 17.6. The molecule has 80 valence electrons. The minimum Gasteiger partial charge on any atom is -0.344 e. The van der Waals surface area contributed by atoms with E-state index in [9.17, 15) is 4.79 Å². The Labute approximate surface area is 98.3 Å². The van der Waals surface area contributed by atoms with E-state index >= 15 is 0 Å². The summed E-state index contributed by atoms with van der Waals surface area (Å²) < 4.78 is 0. The third-order valence-electron chi connectivity index (χ3n) is 2.01. The van der Waals surface area contributed by atoms with Crippen LogP contribution in [0.4, 0.5) is 5.69 Å². The molecule has 0 saturated heterocycles. The van der Waals surface area contributed by atoms with Crippen molar-refractivity contribution in [3.8, 4) is 12.1 Å². The molecule has 1 rings (SSSR count). The highest BCUT2D eigenvalue weighted by Gasteiger charge is 2.12. The molecule has 4 nitrogen and oxygen atoms in total. The molecule has 0 aromatic heterocycles. The lowest BCUT2D eigenvalue weighted by molar-refractivity contribution is 0.112. The summed E-state index contributed by atoms with van der Waals surface area (Å²) in [5.41, 5.74) is 0.806. The van der Waals surface area contributed by atoms with Gasteiger partial charge in [0.2, 0.25) is 0 Å². The third-order valence-corrected chi connectivity index (χ3v) is 2.34. The Morgan fingerprint density at radius 2 is 1.94 bits per heavy atom. The van der Waals surface area contributed by atoms with Gasteiger partial charge in [-0.1, -0.05) is 17.7 Å². The molecule has 1 aromatic rings. The normalized spacial score (nSPS) is 8.94. The standard InChI is InChI=1S/C11H8ClN3O/c12-10-2-1-3-11(9(10)8-16)15(6-4-13)7-5-14/h1-3,8H,6-7H2. The lowest BCUT2D eigenvalue weighted by atomic mass is 10.1. The van der Waals surface area contributed by atoms with Gasteiger partial charge in [0.1, 0.15) is 13.1 Å². The number of carbonyl (C=O) groups excluding carboxylic acids is 1. The Morgan fingerprint density at radius 3 is 2.44 bits per heavy atom. The predicted octanol–water partition coefficient (Wildman–Crippen LogP) is 2.01. The summed E-state index contributed by atoms with van der Waals surface area (Å²) in [7, 11) is 0. The number of anilines is 1. The van der Waals surface area contributed by atoms with E-state index < -0.39 is 0 Å². The first kappa shape index (κ1) is 12.0. The van der Waals surface area contributed by atoms with Crippen molar-refractivity contribution >= 4 is 23.6 Å². The van der Waals surface area contributed by atoms with E-state index in [1.807, 2.05) is 12.1 Å². The zero-order chi connectivity index (χ0) is 12.0. The molecule has 0 aliphatic carbocycles. The molecule has 16 heavy (non-hydrogen) atoms. The first-order valence-electron chi connectivity index (χ1n) is 4.47. The van der Waals surface area contributed by atoms with E-state index in [0.717, 1.165) is 0 Å². The fourth-order valence-electron chi connectivity index (χ4n) is 1.32. The molecule has 0 radical (unpaired) electrons. The number of carbonyl (C=O) groups is 1. The Balaban J connectivity index is 3.19. The molecule has 0 saturated carbocycles. The van der Waals surface area contributed by atoms with Gasteiger partial charge >= 0.3 is 0 Å². The maximum atomic E-state index is 10.9. The minimum atomic E-state index is 0.0365. The number of hydrogen-bond acceptors (Lipinski definition) is 4. The molecule has 0 aliphatic heterocycles. The predicted molar refractivity (Wildman–Crippen MR) is 60.3 cm³/mol. The minimum absolute atomic E-state index is 0.0365. The van der Waals surface area contributed by atoms with E-state index in [4.69, 9.17) is 22.1 Å². The molecule has 0 N–H and O–H groups in total. The lowest BCUT2D eigenvalue weighted by Gasteiger charge is -2.20. The van der Waals surface area contributed by atoms with Crippen LogP contribution in [0.1, 0.15) is 10.4 Å². The zero-order valence-electron chi connectivity index (χ0n) is 8.35. The monoisotopic (exact) mass is 233 g/mol. The van der Waals surface area contributed by atoms with Crippen molar-refractivity contribution in [2.24, 2.45) is 0 Å². The Kier molecular flexibility index (Phi) is 4.32. The average molecular weight is 234 g/mol. The number of aldehydes is 1. The Morgan fingerprint density at radius 1 is 1.31 bits per heavy atom. The lowest BCUT2D eigenvalue weighted by Crippen LogP contribution is -2.25. The van der Waals surface area contributed by atoms with Crippen molar-refractivity contribution in [3.05, 3.63) is 28.8 Å². The van der Waals surface area contributed by atoms with Crippen LogP contribution in [0.5, 0.6) is 0 Å². The van der Waals surface area contributed by atoms with Gasteiger partial charge in [-0.25, -0.2) is 0 Å². The molecular formula is C11H8ClN3O. The van der Waals surface area contributed by atoms with Gasteiger partial charge in [0.05, 0.1) is 28.4 Å². The van der Waals surface area contributed by atoms with E-state index in [2.05, 4.69) is 0 Å². The van der Waals surface area contributed by atoms with Crippen molar-refractivity contribution < 1.29 is 4.79 Å². The first-order chi connectivity index (χ1) is 7.74. The van der Waals surface area contributed by atoms with Gasteiger partial charge in [-0.2, -0.15) is 10.5 Å². The molecule has 5 heteroatoms. The van der Waals surface area contributed by atoms with Crippen LogP contribution >= 0.6 is 11.6 Å². The second-order valence-corrected chi connectivity index (χ2v) is 3.37. The molecule has 0 bridgehead atoms. The SMILES string of the molecule is N#CCN(CC#N)c1cccc(Cl)c1C=O. The first-order valence-corrected chi connectivity index (χ1v) is 4.85. The second kappa shape index (κ2) is 5.75. The molecule has 0 amide bonds. The van der Waals surface area contributed by atoms with Gasteiger partial charge in [-0.15, -0.1) is 0 Å². The zero-order valence-corrected chi connectivity index (χ0v) is 9.11. The van der Waals surface area contributed by atoms with Gasteiger partial charge in [-0.05, 0) is 12.1 Å². The van der Waals surface area contributed by atoms with Crippen LogP contribution < -0.4 is 4.90 Å². The largest absolute Gasteiger partial charge is 0.344 e. The van der Waals surface area contributed by atoms with Gasteiger partial charge in [0.15, 0.2) is 6.29 Å². The highest BCUT2D eigenvalue weighted by Crippen LogP contribution is 2.25. The van der Waals surface area contributed by atoms with Crippen LogP contribution in [0, 0.1) is 22.7 Å². The summed E-state index contributed by atoms with van der Waals surface area (Å²) in [4.78, 5) is 12.4. The number of nitrogens with zero attached hydrogens (tertiary/aromatic N) is 3. The fraction of sp³-hybridized carbons (Fsp3) is 0.182. The Bertz CT molecular complexity index is 457. The van der Waals surface area contributed by atoms with Crippen LogP contribution in [0.2, 0.25) is 5.02 Å². The molecular weight excluding hydrogens is 226 g/mol. The quantitative estimate of drug-likeness (QED) is 0.589. The molecule has 0 aliphatic rings. The van der Waals surface area contributed by atoms with E-state index in [0.29, 0.717) is 22.6 Å². The van der Waals surface area contributed by atoms with Crippen molar-refractivity contribution in [1.29, 1.82) is 10.5 Å². The van der Waals surface area contributed by atoms with Crippen LogP contribution in [0.15, 0.2) is 18.2 Å². The van der Waals surface area contributed by atoms with Gasteiger partial charge < -0.3 is 4.90 Å². The molecule has 0 fully saturated rings. The number of rotatable bonds is 4. The van der Waals surface area contributed by atoms with Crippen LogP contribution in [-0.2, 0) is 0 Å². The summed E-state index contributed by atoms with van der Waals surface area (Å²) in [5.74, 6) is 0. The smallest absolute Gasteiger partial charge is 0.153 e. The van der Waals surface area contributed by atoms with Crippen molar-refractivity contribution in [2.75, 3.05) is 18.0 Å². The second-order valence-electron chi connectivity index (χ2n) is 2.96. The molecule has 0 heterocycles. The maximum Gasteiger partial charge on any atom is 0.153 e. The van der Waals surface area contributed by atoms with Gasteiger partial charge in [-0.3, -0.25) is 4.79 Å². The average Bonchev–Trinajstić information content (AvgIpc) is 2.28. The molecule has 0 spiro atoms. The van der Waals surface area contributed by atoms with Crippen molar-refractivity contribution in [1.82, 2.24) is 0 Å². The highest BCUT2D eigenvalue weighted by molar-refractivity contribution is 6.33. The van der Waals surface area contributed by atoms with E-state index in [1.165, 1.54) is 4.90 Å². The topological polar surface area (TPSA) is 67.9 Å². The number of benzene rings is 1. The summed E-state index contributed by atoms with van der Waals surface area (Å²) in [6.45, 7) is 0.0729. The summed E-state index contributed by atoms with van der Waals surface area (Å²) >= 11 is 5.85. The third kappa shape index (κ3) is 2.50. The van der Waals surface area contributed by atoms with E-state index in [1.54, 1.807) is 18.2 Å². The van der Waals surface area contributed by atoms with Crippen LogP contribution in [0.3, 0.4) is 0 Å². The van der Waals surface area contributed by atoms with Gasteiger partial charge in [0, 0.05) is 0 Å². The van der Waals surface area contributed by atoms with Crippen molar-refractivity contribution in [3.63, 3.8) is 0 Å². The maximum absolute atomic E-state index is 10.9. The van der Waals surface area contributed by atoms with Crippen LogP contribution in [0.25, 0.3) is 0 Å². The van der Waals surface area contributed by atoms with E-state index in [-0.39, 0.29) is 13.1 Å². The van der Waals surface area contributed by atoms with Crippen molar-refractivity contribution in [2.45, 2.75) is 0 Å². The highest BCUT2D eigenvalue weighted by atomic mass is 35.5. The summed E-state index contributed by atoms with van der Waals surface area (Å²) in [6, 6.07) is 8.79. The summed E-state index contributed by atoms with van der Waals surface area (Å²) in [6.07, 6.45) is 0.624. The Hall–Kier alpha value is -2.04. The molecule has 0 atom stereocenters. The van der Waals surface area contributed by atoms with Crippen LogP contribution in [-0.4, -0.2) is 19.4 Å².